The zero-order valence-electron chi connectivity index (χ0n) is 14.8. The summed E-state index contributed by atoms with van der Waals surface area (Å²) in [6.45, 7) is 2.10. The molecule has 136 valence electrons. The van der Waals surface area contributed by atoms with Gasteiger partial charge in [0, 0.05) is 13.6 Å². The normalized spacial score (nSPS) is 10.8. The molecule has 0 saturated heterocycles. The van der Waals surface area contributed by atoms with Gasteiger partial charge < -0.3 is 14.1 Å². The Morgan fingerprint density at radius 2 is 2.19 bits per heavy atom. The fourth-order valence-electron chi connectivity index (χ4n) is 2.55. The van der Waals surface area contributed by atoms with Gasteiger partial charge in [-0.25, -0.2) is 9.37 Å². The number of thiophene rings is 1. The topological polar surface area (TPSA) is 55.6 Å². The lowest BCUT2D eigenvalue weighted by molar-refractivity contribution is -0.129. The molecule has 0 saturated carbocycles. The van der Waals surface area contributed by atoms with E-state index in [0.29, 0.717) is 29.5 Å². The Labute approximate surface area is 155 Å². The minimum absolute atomic E-state index is 0.115. The predicted octanol–water partition coefficient (Wildman–Crippen LogP) is 4.06. The Morgan fingerprint density at radius 1 is 1.38 bits per heavy atom. The highest BCUT2D eigenvalue weighted by molar-refractivity contribution is 7.13. The summed E-state index contributed by atoms with van der Waals surface area (Å²) in [6.07, 6.45) is 0.135. The van der Waals surface area contributed by atoms with Crippen LogP contribution in [0.25, 0.3) is 10.8 Å². The van der Waals surface area contributed by atoms with Gasteiger partial charge in [0.25, 0.3) is 0 Å². The smallest absolute Gasteiger partial charge is 0.236 e. The van der Waals surface area contributed by atoms with E-state index in [0.717, 1.165) is 4.88 Å². The molecule has 7 heteroatoms. The fraction of sp³-hybridized carbons (Fsp3) is 0.263. The number of halogens is 1. The number of benzene rings is 1. The Bertz CT molecular complexity index is 906. The summed E-state index contributed by atoms with van der Waals surface area (Å²) in [4.78, 5) is 19.4. The van der Waals surface area contributed by atoms with Gasteiger partial charge in [0.1, 0.15) is 5.76 Å². The van der Waals surface area contributed by atoms with Gasteiger partial charge in [0.2, 0.25) is 11.8 Å². The molecule has 0 unspecified atom stereocenters. The SMILES string of the molecule is COc1ccc(CN(C)C(=O)Cc2nc(-c3cccs3)oc2C)cc1F. The Kier molecular flexibility index (Phi) is 5.37. The molecule has 26 heavy (non-hydrogen) atoms. The van der Waals surface area contributed by atoms with Crippen molar-refractivity contribution in [1.29, 1.82) is 0 Å². The number of amides is 1. The number of carbonyl (C=O) groups is 1. The second kappa shape index (κ2) is 7.70. The van der Waals surface area contributed by atoms with Gasteiger partial charge >= 0.3 is 0 Å². The maximum Gasteiger partial charge on any atom is 0.236 e. The lowest BCUT2D eigenvalue weighted by Crippen LogP contribution is -2.28. The van der Waals surface area contributed by atoms with Crippen LogP contribution in [-0.4, -0.2) is 29.9 Å². The molecular weight excluding hydrogens is 355 g/mol. The van der Waals surface area contributed by atoms with Gasteiger partial charge in [-0.1, -0.05) is 12.1 Å². The van der Waals surface area contributed by atoms with Crippen LogP contribution in [0, 0.1) is 12.7 Å². The first kappa shape index (κ1) is 18.1. The zero-order valence-corrected chi connectivity index (χ0v) is 15.6. The van der Waals surface area contributed by atoms with E-state index in [1.165, 1.54) is 24.5 Å². The number of carbonyl (C=O) groups excluding carboxylic acids is 1. The highest BCUT2D eigenvalue weighted by Crippen LogP contribution is 2.26. The number of methoxy groups -OCH3 is 1. The van der Waals surface area contributed by atoms with E-state index in [9.17, 15) is 9.18 Å². The maximum atomic E-state index is 13.8. The van der Waals surface area contributed by atoms with Crippen LogP contribution in [0.1, 0.15) is 17.0 Å². The van der Waals surface area contributed by atoms with Crippen molar-refractivity contribution in [3.8, 4) is 16.5 Å². The lowest BCUT2D eigenvalue weighted by atomic mass is 10.2. The minimum Gasteiger partial charge on any atom is -0.494 e. The molecule has 0 atom stereocenters. The summed E-state index contributed by atoms with van der Waals surface area (Å²) in [5, 5.41) is 1.95. The van der Waals surface area contributed by atoms with Gasteiger partial charge in [-0.15, -0.1) is 11.3 Å². The van der Waals surface area contributed by atoms with Crippen molar-refractivity contribution in [1.82, 2.24) is 9.88 Å². The van der Waals surface area contributed by atoms with Crippen LogP contribution in [0.4, 0.5) is 4.39 Å². The Morgan fingerprint density at radius 3 is 2.85 bits per heavy atom. The van der Waals surface area contributed by atoms with E-state index in [-0.39, 0.29) is 18.1 Å². The van der Waals surface area contributed by atoms with Gasteiger partial charge in [-0.2, -0.15) is 0 Å². The highest BCUT2D eigenvalue weighted by Gasteiger charge is 2.18. The molecule has 0 radical (unpaired) electrons. The third-order valence-corrected chi connectivity index (χ3v) is 4.86. The molecule has 0 N–H and O–H groups in total. The van der Waals surface area contributed by atoms with Crippen LogP contribution in [0.15, 0.2) is 40.1 Å². The van der Waals surface area contributed by atoms with Gasteiger partial charge in [-0.05, 0) is 36.1 Å². The van der Waals surface area contributed by atoms with Crippen molar-refractivity contribution in [3.05, 3.63) is 58.5 Å². The summed E-state index contributed by atoms with van der Waals surface area (Å²) < 4.78 is 24.4. The van der Waals surface area contributed by atoms with E-state index in [1.807, 2.05) is 17.5 Å². The average molecular weight is 374 g/mol. The summed E-state index contributed by atoms with van der Waals surface area (Å²) >= 11 is 1.53. The summed E-state index contributed by atoms with van der Waals surface area (Å²) in [5.74, 6) is 0.780. The second-order valence-electron chi connectivity index (χ2n) is 5.89. The summed E-state index contributed by atoms with van der Waals surface area (Å²) in [5.41, 5.74) is 1.31. The number of oxazole rings is 1. The molecule has 2 heterocycles. The van der Waals surface area contributed by atoms with E-state index in [2.05, 4.69) is 4.98 Å². The quantitative estimate of drug-likeness (QED) is 0.653. The van der Waals surface area contributed by atoms with Crippen molar-refractivity contribution in [2.75, 3.05) is 14.2 Å². The van der Waals surface area contributed by atoms with E-state index in [1.54, 1.807) is 31.0 Å². The van der Waals surface area contributed by atoms with Crippen molar-refractivity contribution < 1.29 is 18.3 Å². The predicted molar refractivity (Wildman–Crippen MR) is 97.7 cm³/mol. The Balaban J connectivity index is 1.67. The molecule has 1 amide bonds. The monoisotopic (exact) mass is 374 g/mol. The van der Waals surface area contributed by atoms with Gasteiger partial charge in [0.05, 0.1) is 24.1 Å². The molecule has 0 bridgehead atoms. The fourth-order valence-corrected chi connectivity index (χ4v) is 3.20. The molecule has 5 nitrogen and oxygen atoms in total. The number of rotatable bonds is 6. The van der Waals surface area contributed by atoms with Gasteiger partial charge in [-0.3, -0.25) is 4.79 Å². The van der Waals surface area contributed by atoms with Crippen LogP contribution in [0.3, 0.4) is 0 Å². The van der Waals surface area contributed by atoms with E-state index in [4.69, 9.17) is 9.15 Å². The van der Waals surface area contributed by atoms with Crippen LogP contribution >= 0.6 is 11.3 Å². The molecule has 2 aromatic heterocycles. The van der Waals surface area contributed by atoms with Crippen LogP contribution in [0.2, 0.25) is 0 Å². The standard InChI is InChI=1S/C19H19FN2O3S/c1-12-15(21-19(25-12)17-5-4-8-26-17)10-18(23)22(2)11-13-6-7-16(24-3)14(20)9-13/h4-9H,10-11H2,1-3H3. The zero-order chi connectivity index (χ0) is 18.7. The number of aromatic nitrogens is 1. The maximum absolute atomic E-state index is 13.8. The van der Waals surface area contributed by atoms with Gasteiger partial charge in [0.15, 0.2) is 11.6 Å². The molecule has 1 aromatic carbocycles. The third kappa shape index (κ3) is 3.94. The molecule has 0 aliphatic carbocycles. The Hall–Kier alpha value is -2.67. The van der Waals surface area contributed by atoms with Crippen LogP contribution in [0.5, 0.6) is 5.75 Å². The first-order valence-corrected chi connectivity index (χ1v) is 8.92. The number of hydrogen-bond donors (Lipinski definition) is 0. The average Bonchev–Trinajstić information content (AvgIpc) is 3.25. The summed E-state index contributed by atoms with van der Waals surface area (Å²) in [7, 11) is 3.10. The number of nitrogens with zero attached hydrogens (tertiary/aromatic N) is 2. The van der Waals surface area contributed by atoms with Crippen molar-refractivity contribution in [3.63, 3.8) is 0 Å². The lowest BCUT2D eigenvalue weighted by Gasteiger charge is -2.17. The molecule has 0 aliphatic rings. The highest BCUT2D eigenvalue weighted by atomic mass is 32.1. The summed E-state index contributed by atoms with van der Waals surface area (Å²) in [6, 6.07) is 8.51. The first-order valence-electron chi connectivity index (χ1n) is 8.04. The molecule has 3 aromatic rings. The molecule has 0 aliphatic heterocycles. The third-order valence-electron chi connectivity index (χ3n) is 4.01. The largest absolute Gasteiger partial charge is 0.494 e. The van der Waals surface area contributed by atoms with Crippen molar-refractivity contribution in [2.45, 2.75) is 19.9 Å². The second-order valence-corrected chi connectivity index (χ2v) is 6.84. The minimum atomic E-state index is -0.446. The molecule has 3 rings (SSSR count). The number of hydrogen-bond acceptors (Lipinski definition) is 5. The number of aryl methyl sites for hydroxylation is 1. The van der Waals surface area contributed by atoms with Crippen LogP contribution < -0.4 is 4.74 Å². The molecular formula is C19H19FN2O3S. The number of ether oxygens (including phenoxy) is 1. The van der Waals surface area contributed by atoms with E-state index >= 15 is 0 Å². The number of likely N-dealkylation sites (N-methyl/N-ethyl adjacent to an activating group) is 1. The van der Waals surface area contributed by atoms with Crippen molar-refractivity contribution >= 4 is 17.2 Å². The van der Waals surface area contributed by atoms with Crippen LogP contribution in [-0.2, 0) is 17.8 Å². The first-order chi connectivity index (χ1) is 12.5. The van der Waals surface area contributed by atoms with E-state index < -0.39 is 5.82 Å². The van der Waals surface area contributed by atoms with Crippen molar-refractivity contribution in [2.24, 2.45) is 0 Å². The molecule has 0 fully saturated rings. The molecule has 0 spiro atoms.